The van der Waals surface area contributed by atoms with E-state index in [-0.39, 0.29) is 5.91 Å². The minimum Gasteiger partial charge on any atom is -0.491 e. The molecule has 0 saturated carbocycles. The summed E-state index contributed by atoms with van der Waals surface area (Å²) in [6, 6.07) is 7.38. The highest BCUT2D eigenvalue weighted by Gasteiger charge is 2.13. The molecule has 0 bridgehead atoms. The average Bonchev–Trinajstić information content (AvgIpc) is 2.50. The SMILES string of the molecule is COCCOc1ccc(NC(=O)CN2CCNCC2)cc1. The zero-order valence-electron chi connectivity index (χ0n) is 12.4. The van der Waals surface area contributed by atoms with Gasteiger partial charge in [-0.1, -0.05) is 0 Å². The van der Waals surface area contributed by atoms with Gasteiger partial charge in [0, 0.05) is 39.0 Å². The van der Waals surface area contributed by atoms with Crippen molar-refractivity contribution in [3.8, 4) is 5.75 Å². The molecular weight excluding hydrogens is 270 g/mol. The minimum absolute atomic E-state index is 0.0185. The van der Waals surface area contributed by atoms with Crippen LogP contribution in [0.2, 0.25) is 0 Å². The molecule has 1 amide bonds. The summed E-state index contributed by atoms with van der Waals surface area (Å²) in [7, 11) is 1.64. The van der Waals surface area contributed by atoms with Crippen LogP contribution in [0.15, 0.2) is 24.3 Å². The van der Waals surface area contributed by atoms with Crippen molar-refractivity contribution in [3.05, 3.63) is 24.3 Å². The van der Waals surface area contributed by atoms with E-state index in [9.17, 15) is 4.79 Å². The van der Waals surface area contributed by atoms with Gasteiger partial charge in [-0.25, -0.2) is 0 Å². The molecule has 1 aromatic carbocycles. The summed E-state index contributed by atoms with van der Waals surface area (Å²) in [6.45, 7) is 5.24. The fraction of sp³-hybridized carbons (Fsp3) is 0.533. The van der Waals surface area contributed by atoms with Gasteiger partial charge in [0.1, 0.15) is 12.4 Å². The topological polar surface area (TPSA) is 62.8 Å². The summed E-state index contributed by atoms with van der Waals surface area (Å²) in [6.07, 6.45) is 0. The molecule has 0 unspecified atom stereocenters. The van der Waals surface area contributed by atoms with Crippen LogP contribution in [-0.2, 0) is 9.53 Å². The summed E-state index contributed by atoms with van der Waals surface area (Å²) in [5.74, 6) is 0.789. The molecule has 1 aromatic rings. The molecule has 2 rings (SSSR count). The molecule has 2 N–H and O–H groups in total. The molecule has 6 heteroatoms. The zero-order valence-corrected chi connectivity index (χ0v) is 12.4. The Hall–Kier alpha value is -1.63. The molecule has 1 saturated heterocycles. The summed E-state index contributed by atoms with van der Waals surface area (Å²) in [5, 5.41) is 6.17. The van der Waals surface area contributed by atoms with E-state index in [0.717, 1.165) is 37.6 Å². The lowest BCUT2D eigenvalue weighted by Gasteiger charge is -2.26. The number of amides is 1. The van der Waals surface area contributed by atoms with Crippen molar-refractivity contribution in [2.24, 2.45) is 0 Å². The number of carbonyl (C=O) groups excluding carboxylic acids is 1. The van der Waals surface area contributed by atoms with E-state index >= 15 is 0 Å². The number of piperazine rings is 1. The van der Waals surface area contributed by atoms with Gasteiger partial charge in [-0.3, -0.25) is 9.69 Å². The van der Waals surface area contributed by atoms with Gasteiger partial charge >= 0.3 is 0 Å². The lowest BCUT2D eigenvalue weighted by Crippen LogP contribution is -2.46. The van der Waals surface area contributed by atoms with E-state index in [0.29, 0.717) is 19.8 Å². The third-order valence-electron chi connectivity index (χ3n) is 3.27. The maximum Gasteiger partial charge on any atom is 0.238 e. The number of benzene rings is 1. The Balaban J connectivity index is 1.75. The molecule has 1 aliphatic rings. The molecule has 0 atom stereocenters. The van der Waals surface area contributed by atoms with Crippen LogP contribution >= 0.6 is 0 Å². The highest BCUT2D eigenvalue weighted by atomic mass is 16.5. The largest absolute Gasteiger partial charge is 0.491 e. The highest BCUT2D eigenvalue weighted by Crippen LogP contribution is 2.15. The Morgan fingerprint density at radius 1 is 1.24 bits per heavy atom. The summed E-state index contributed by atoms with van der Waals surface area (Å²) in [4.78, 5) is 14.1. The van der Waals surface area contributed by atoms with Crippen molar-refractivity contribution in [1.82, 2.24) is 10.2 Å². The molecule has 6 nitrogen and oxygen atoms in total. The van der Waals surface area contributed by atoms with Gasteiger partial charge in [0.2, 0.25) is 5.91 Å². The fourth-order valence-corrected chi connectivity index (χ4v) is 2.15. The first kappa shape index (κ1) is 15.8. The summed E-state index contributed by atoms with van der Waals surface area (Å²) >= 11 is 0. The van der Waals surface area contributed by atoms with E-state index in [2.05, 4.69) is 15.5 Å². The number of rotatable bonds is 7. The second-order valence-corrected chi connectivity index (χ2v) is 4.94. The van der Waals surface area contributed by atoms with Crippen LogP contribution in [0, 0.1) is 0 Å². The first-order chi connectivity index (χ1) is 10.3. The number of anilines is 1. The van der Waals surface area contributed by atoms with E-state index in [1.54, 1.807) is 7.11 Å². The van der Waals surface area contributed by atoms with Gasteiger partial charge in [-0.2, -0.15) is 0 Å². The van der Waals surface area contributed by atoms with Crippen molar-refractivity contribution >= 4 is 11.6 Å². The Bertz CT molecular complexity index is 430. The fourth-order valence-electron chi connectivity index (χ4n) is 2.15. The van der Waals surface area contributed by atoms with Crippen molar-refractivity contribution in [2.45, 2.75) is 0 Å². The molecule has 1 heterocycles. The number of nitrogens with one attached hydrogen (secondary N) is 2. The van der Waals surface area contributed by atoms with Crippen LogP contribution in [0.3, 0.4) is 0 Å². The predicted molar refractivity (Wildman–Crippen MR) is 81.8 cm³/mol. The third-order valence-corrected chi connectivity index (χ3v) is 3.27. The van der Waals surface area contributed by atoms with Crippen LogP contribution < -0.4 is 15.4 Å². The van der Waals surface area contributed by atoms with Crippen LogP contribution in [0.25, 0.3) is 0 Å². The van der Waals surface area contributed by atoms with E-state index in [1.807, 2.05) is 24.3 Å². The van der Waals surface area contributed by atoms with Gasteiger partial charge in [0.15, 0.2) is 0 Å². The number of nitrogens with zero attached hydrogens (tertiary/aromatic N) is 1. The Morgan fingerprint density at radius 2 is 1.95 bits per heavy atom. The Morgan fingerprint density at radius 3 is 2.62 bits per heavy atom. The summed E-state index contributed by atoms with van der Waals surface area (Å²) in [5.41, 5.74) is 0.786. The van der Waals surface area contributed by atoms with E-state index in [1.165, 1.54) is 0 Å². The molecule has 116 valence electrons. The molecule has 0 spiro atoms. The highest BCUT2D eigenvalue weighted by molar-refractivity contribution is 5.92. The molecule has 1 aliphatic heterocycles. The van der Waals surface area contributed by atoms with Crippen molar-refractivity contribution in [2.75, 3.05) is 58.4 Å². The van der Waals surface area contributed by atoms with Crippen molar-refractivity contribution < 1.29 is 14.3 Å². The molecule has 1 fully saturated rings. The maximum atomic E-state index is 12.0. The molecule has 0 aliphatic carbocycles. The van der Waals surface area contributed by atoms with Gasteiger partial charge in [-0.05, 0) is 24.3 Å². The van der Waals surface area contributed by atoms with Gasteiger partial charge in [0.25, 0.3) is 0 Å². The lowest BCUT2D eigenvalue weighted by molar-refractivity contribution is -0.117. The van der Waals surface area contributed by atoms with Crippen LogP contribution in [0.5, 0.6) is 5.75 Å². The number of hydrogen-bond acceptors (Lipinski definition) is 5. The van der Waals surface area contributed by atoms with Gasteiger partial charge in [0.05, 0.1) is 13.2 Å². The average molecular weight is 293 g/mol. The maximum absolute atomic E-state index is 12.0. The van der Waals surface area contributed by atoms with E-state index < -0.39 is 0 Å². The standard InChI is InChI=1S/C15H23N3O3/c1-20-10-11-21-14-4-2-13(3-5-14)17-15(19)12-18-8-6-16-7-9-18/h2-5,16H,6-12H2,1H3,(H,17,19). The zero-order chi connectivity index (χ0) is 14.9. The Labute approximate surface area is 125 Å². The Kier molecular flexibility index (Phi) is 6.46. The van der Waals surface area contributed by atoms with E-state index in [4.69, 9.17) is 9.47 Å². The lowest BCUT2D eigenvalue weighted by atomic mass is 10.3. The second kappa shape index (κ2) is 8.61. The minimum atomic E-state index is 0.0185. The number of hydrogen-bond donors (Lipinski definition) is 2. The number of carbonyl (C=O) groups is 1. The van der Waals surface area contributed by atoms with Crippen LogP contribution in [-0.4, -0.2) is 63.9 Å². The molecule has 21 heavy (non-hydrogen) atoms. The van der Waals surface area contributed by atoms with Crippen molar-refractivity contribution in [3.63, 3.8) is 0 Å². The third kappa shape index (κ3) is 5.71. The monoisotopic (exact) mass is 293 g/mol. The van der Waals surface area contributed by atoms with Crippen LogP contribution in [0.1, 0.15) is 0 Å². The van der Waals surface area contributed by atoms with Crippen LogP contribution in [0.4, 0.5) is 5.69 Å². The molecule has 0 aromatic heterocycles. The van der Waals surface area contributed by atoms with Gasteiger partial charge < -0.3 is 20.1 Å². The smallest absolute Gasteiger partial charge is 0.238 e. The quantitative estimate of drug-likeness (QED) is 0.719. The molecule has 0 radical (unpaired) electrons. The normalized spacial score (nSPS) is 15.7. The summed E-state index contributed by atoms with van der Waals surface area (Å²) < 4.78 is 10.4. The second-order valence-electron chi connectivity index (χ2n) is 4.94. The van der Waals surface area contributed by atoms with Crippen molar-refractivity contribution in [1.29, 1.82) is 0 Å². The van der Waals surface area contributed by atoms with Gasteiger partial charge in [-0.15, -0.1) is 0 Å². The molecular formula is C15H23N3O3. The first-order valence-electron chi connectivity index (χ1n) is 7.22. The predicted octanol–water partition coefficient (Wildman–Crippen LogP) is 0.556. The first-order valence-corrected chi connectivity index (χ1v) is 7.22. The number of methoxy groups -OCH3 is 1. The number of ether oxygens (including phenoxy) is 2.